The van der Waals surface area contributed by atoms with Gasteiger partial charge in [-0.05, 0) is 30.3 Å². The SMILES string of the molecule is N#Cc1cccc(NC(=O)CN2C(=O)c3cccnc3C2=O)c1. The zero-order valence-corrected chi connectivity index (χ0v) is 11.8. The molecule has 0 bridgehead atoms. The Kier molecular flexibility index (Phi) is 3.57. The minimum absolute atomic E-state index is 0.0526. The van der Waals surface area contributed by atoms with Crippen molar-refractivity contribution in [2.75, 3.05) is 11.9 Å². The molecule has 0 spiro atoms. The number of aromatic nitrogens is 1. The normalized spacial score (nSPS) is 12.7. The Labute approximate surface area is 131 Å². The van der Waals surface area contributed by atoms with Crippen LogP contribution in [-0.4, -0.2) is 34.2 Å². The first-order valence-electron chi connectivity index (χ1n) is 6.71. The van der Waals surface area contributed by atoms with Gasteiger partial charge in [0, 0.05) is 11.9 Å². The highest BCUT2D eigenvalue weighted by molar-refractivity contribution is 6.21. The van der Waals surface area contributed by atoms with Crippen LogP contribution in [0.5, 0.6) is 0 Å². The summed E-state index contributed by atoms with van der Waals surface area (Å²) in [5.41, 5.74) is 1.06. The van der Waals surface area contributed by atoms with Crippen LogP contribution in [0.4, 0.5) is 5.69 Å². The quantitative estimate of drug-likeness (QED) is 0.858. The first kappa shape index (κ1) is 14.4. The maximum atomic E-state index is 12.1. The smallest absolute Gasteiger partial charge is 0.280 e. The molecule has 1 aromatic heterocycles. The summed E-state index contributed by atoms with van der Waals surface area (Å²) in [6.07, 6.45) is 1.42. The number of nitrogens with zero attached hydrogens (tertiary/aromatic N) is 3. The summed E-state index contributed by atoms with van der Waals surface area (Å²) in [4.78, 5) is 41.0. The number of nitriles is 1. The minimum atomic E-state index is -0.591. The molecule has 7 heteroatoms. The van der Waals surface area contributed by atoms with Crippen molar-refractivity contribution < 1.29 is 14.4 Å². The summed E-state index contributed by atoms with van der Waals surface area (Å²) in [5, 5.41) is 11.4. The van der Waals surface area contributed by atoms with Gasteiger partial charge in [-0.25, -0.2) is 0 Å². The zero-order valence-electron chi connectivity index (χ0n) is 11.8. The van der Waals surface area contributed by atoms with Crippen LogP contribution in [0.15, 0.2) is 42.6 Å². The summed E-state index contributed by atoms with van der Waals surface area (Å²) >= 11 is 0. The van der Waals surface area contributed by atoms with E-state index in [9.17, 15) is 14.4 Å². The highest BCUT2D eigenvalue weighted by Gasteiger charge is 2.37. The number of carbonyl (C=O) groups is 3. The molecule has 23 heavy (non-hydrogen) atoms. The third-order valence-electron chi connectivity index (χ3n) is 3.31. The number of hydrogen-bond acceptors (Lipinski definition) is 5. The molecular weight excluding hydrogens is 296 g/mol. The Hall–Kier alpha value is -3.53. The number of rotatable bonds is 3. The Balaban J connectivity index is 1.73. The molecule has 0 saturated heterocycles. The van der Waals surface area contributed by atoms with Crippen molar-refractivity contribution in [3.8, 4) is 6.07 Å². The molecular formula is C16H10N4O3. The number of benzene rings is 1. The van der Waals surface area contributed by atoms with E-state index in [4.69, 9.17) is 5.26 Å². The lowest BCUT2D eigenvalue weighted by molar-refractivity contribution is -0.116. The summed E-state index contributed by atoms with van der Waals surface area (Å²) in [6.45, 7) is -0.412. The molecule has 7 nitrogen and oxygen atoms in total. The molecule has 1 aromatic carbocycles. The number of anilines is 1. The monoisotopic (exact) mass is 306 g/mol. The third kappa shape index (κ3) is 2.65. The zero-order chi connectivity index (χ0) is 16.4. The first-order valence-corrected chi connectivity index (χ1v) is 6.71. The highest BCUT2D eigenvalue weighted by atomic mass is 16.2. The number of fused-ring (bicyclic) bond motifs is 1. The molecule has 1 aliphatic rings. The van der Waals surface area contributed by atoms with Crippen LogP contribution in [0, 0.1) is 11.3 Å². The predicted octanol–water partition coefficient (Wildman–Crippen LogP) is 1.19. The Bertz CT molecular complexity index is 835. The molecule has 0 unspecified atom stereocenters. The molecule has 0 aliphatic carbocycles. The van der Waals surface area contributed by atoms with E-state index in [0.29, 0.717) is 11.3 Å². The lowest BCUT2D eigenvalue weighted by Gasteiger charge is -2.13. The van der Waals surface area contributed by atoms with E-state index < -0.39 is 24.3 Å². The molecule has 2 aromatic rings. The average Bonchev–Trinajstić information content (AvgIpc) is 2.80. The number of nitrogens with one attached hydrogen (secondary N) is 1. The van der Waals surface area contributed by atoms with Crippen molar-refractivity contribution in [2.45, 2.75) is 0 Å². The van der Waals surface area contributed by atoms with Gasteiger partial charge in [-0.3, -0.25) is 24.3 Å². The summed E-state index contributed by atoms with van der Waals surface area (Å²) in [6, 6.07) is 11.4. The number of pyridine rings is 1. The molecule has 0 fully saturated rings. The van der Waals surface area contributed by atoms with Gasteiger partial charge < -0.3 is 5.32 Å². The van der Waals surface area contributed by atoms with Gasteiger partial charge in [-0.2, -0.15) is 5.26 Å². The van der Waals surface area contributed by atoms with Gasteiger partial charge in [-0.15, -0.1) is 0 Å². The van der Waals surface area contributed by atoms with Crippen LogP contribution in [0.3, 0.4) is 0 Å². The standard InChI is InChI=1S/C16H10N4O3/c17-8-10-3-1-4-11(7-10)19-13(21)9-20-15(22)12-5-2-6-18-14(12)16(20)23/h1-7H,9H2,(H,19,21). The van der Waals surface area contributed by atoms with Crippen LogP contribution < -0.4 is 5.32 Å². The molecule has 3 amide bonds. The second-order valence-corrected chi connectivity index (χ2v) is 4.84. The summed E-state index contributed by atoms with van der Waals surface area (Å²) < 4.78 is 0. The molecule has 0 radical (unpaired) electrons. The molecule has 0 atom stereocenters. The van der Waals surface area contributed by atoms with Crippen molar-refractivity contribution in [2.24, 2.45) is 0 Å². The van der Waals surface area contributed by atoms with Crippen molar-refractivity contribution in [3.63, 3.8) is 0 Å². The van der Waals surface area contributed by atoms with E-state index in [-0.39, 0.29) is 11.3 Å². The second kappa shape index (κ2) is 5.69. The van der Waals surface area contributed by atoms with Crippen LogP contribution >= 0.6 is 0 Å². The Morgan fingerprint density at radius 3 is 2.78 bits per heavy atom. The third-order valence-corrected chi connectivity index (χ3v) is 3.31. The highest BCUT2D eigenvalue weighted by Crippen LogP contribution is 2.20. The Morgan fingerprint density at radius 1 is 1.22 bits per heavy atom. The lowest BCUT2D eigenvalue weighted by Crippen LogP contribution is -2.37. The van der Waals surface area contributed by atoms with Crippen LogP contribution in [0.2, 0.25) is 0 Å². The number of imide groups is 1. The van der Waals surface area contributed by atoms with Crippen LogP contribution in [0.25, 0.3) is 0 Å². The van der Waals surface area contributed by atoms with Gasteiger partial charge in [0.2, 0.25) is 5.91 Å². The van der Waals surface area contributed by atoms with Gasteiger partial charge >= 0.3 is 0 Å². The van der Waals surface area contributed by atoms with E-state index in [0.717, 1.165) is 4.90 Å². The number of amides is 3. The van der Waals surface area contributed by atoms with Gasteiger partial charge in [0.1, 0.15) is 12.2 Å². The maximum Gasteiger partial charge on any atom is 0.280 e. The fraction of sp³-hybridized carbons (Fsp3) is 0.0625. The molecule has 112 valence electrons. The van der Waals surface area contributed by atoms with E-state index in [1.165, 1.54) is 18.3 Å². The van der Waals surface area contributed by atoms with Gasteiger partial charge in [0.15, 0.2) is 0 Å². The molecule has 0 saturated carbocycles. The number of carbonyl (C=O) groups excluding carboxylic acids is 3. The lowest BCUT2D eigenvalue weighted by atomic mass is 10.2. The van der Waals surface area contributed by atoms with Crippen LogP contribution in [0.1, 0.15) is 26.4 Å². The fourth-order valence-electron chi connectivity index (χ4n) is 2.27. The van der Waals surface area contributed by atoms with Gasteiger partial charge in [-0.1, -0.05) is 6.07 Å². The van der Waals surface area contributed by atoms with Gasteiger partial charge in [0.25, 0.3) is 11.8 Å². The summed E-state index contributed by atoms with van der Waals surface area (Å²) in [7, 11) is 0. The molecule has 2 heterocycles. The average molecular weight is 306 g/mol. The van der Waals surface area contributed by atoms with Crippen molar-refractivity contribution >= 4 is 23.4 Å². The van der Waals surface area contributed by atoms with E-state index in [1.54, 1.807) is 24.3 Å². The van der Waals surface area contributed by atoms with E-state index in [2.05, 4.69) is 10.3 Å². The van der Waals surface area contributed by atoms with Gasteiger partial charge in [0.05, 0.1) is 17.2 Å². The second-order valence-electron chi connectivity index (χ2n) is 4.84. The van der Waals surface area contributed by atoms with E-state index in [1.807, 2.05) is 6.07 Å². The van der Waals surface area contributed by atoms with Crippen molar-refractivity contribution in [3.05, 3.63) is 59.4 Å². The molecule has 3 rings (SSSR count). The largest absolute Gasteiger partial charge is 0.324 e. The topological polar surface area (TPSA) is 103 Å². The summed E-state index contributed by atoms with van der Waals surface area (Å²) in [5.74, 6) is -1.67. The molecule has 1 aliphatic heterocycles. The van der Waals surface area contributed by atoms with E-state index >= 15 is 0 Å². The number of hydrogen-bond donors (Lipinski definition) is 1. The van der Waals surface area contributed by atoms with Crippen molar-refractivity contribution in [1.29, 1.82) is 5.26 Å². The fourth-order valence-corrected chi connectivity index (χ4v) is 2.27. The minimum Gasteiger partial charge on any atom is -0.324 e. The predicted molar refractivity (Wildman–Crippen MR) is 79.4 cm³/mol. The Morgan fingerprint density at radius 2 is 2.04 bits per heavy atom. The van der Waals surface area contributed by atoms with Crippen molar-refractivity contribution in [1.82, 2.24) is 9.88 Å². The maximum absolute atomic E-state index is 12.1. The first-order chi connectivity index (χ1) is 11.1. The molecule has 1 N–H and O–H groups in total. The van der Waals surface area contributed by atoms with Crippen LogP contribution in [-0.2, 0) is 4.79 Å².